The molecule has 3 N–H and O–H groups in total. The van der Waals surface area contributed by atoms with E-state index >= 15 is 0 Å². The van der Waals surface area contributed by atoms with Crippen molar-refractivity contribution in [2.24, 2.45) is 23.0 Å². The first-order chi connectivity index (χ1) is 9.86. The van der Waals surface area contributed by atoms with Gasteiger partial charge in [-0.1, -0.05) is 6.42 Å². The molecule has 3 atom stereocenters. The summed E-state index contributed by atoms with van der Waals surface area (Å²) in [5.41, 5.74) is 4.28. The van der Waals surface area contributed by atoms with Crippen LogP contribution in [0.1, 0.15) is 46.0 Å². The monoisotopic (exact) mass is 299 g/mol. The summed E-state index contributed by atoms with van der Waals surface area (Å²) in [5, 5.41) is 8.87. The molecule has 1 aliphatic rings. The number of unbranched alkanes of at least 4 members (excludes halogenated alkanes) is 1. The van der Waals surface area contributed by atoms with Gasteiger partial charge >= 0.3 is 5.97 Å². The molecule has 1 fully saturated rings. The molecule has 6 nitrogen and oxygen atoms in total. The van der Waals surface area contributed by atoms with Crippen LogP contribution in [0, 0.1) is 17.3 Å². The third kappa shape index (κ3) is 4.03. The van der Waals surface area contributed by atoms with Crippen molar-refractivity contribution >= 4 is 17.7 Å². The second kappa shape index (κ2) is 7.54. The van der Waals surface area contributed by atoms with E-state index in [1.54, 1.807) is 13.8 Å². The average molecular weight is 299 g/mol. The van der Waals surface area contributed by atoms with Gasteiger partial charge in [0.15, 0.2) is 0 Å². The first-order valence-corrected chi connectivity index (χ1v) is 7.46. The lowest BCUT2D eigenvalue weighted by Gasteiger charge is -2.41. The lowest BCUT2D eigenvalue weighted by atomic mass is 9.60. The Morgan fingerprint density at radius 1 is 1.43 bits per heavy atom. The van der Waals surface area contributed by atoms with Gasteiger partial charge in [-0.2, -0.15) is 0 Å². The highest BCUT2D eigenvalue weighted by atomic mass is 16.5. The van der Waals surface area contributed by atoms with Gasteiger partial charge in [0.2, 0.25) is 5.91 Å². The summed E-state index contributed by atoms with van der Waals surface area (Å²) in [5.74, 6) is -2.09. The zero-order valence-electron chi connectivity index (χ0n) is 12.8. The van der Waals surface area contributed by atoms with E-state index in [0.717, 1.165) is 0 Å². The van der Waals surface area contributed by atoms with Crippen molar-refractivity contribution < 1.29 is 24.2 Å². The Balaban J connectivity index is 3.03. The number of ketones is 1. The molecule has 0 heterocycles. The minimum atomic E-state index is -1.19. The molecule has 6 heteroatoms. The van der Waals surface area contributed by atoms with E-state index in [9.17, 15) is 14.4 Å². The largest absolute Gasteiger partial charge is 0.466 e. The quantitative estimate of drug-likeness (QED) is 0.534. The van der Waals surface area contributed by atoms with Crippen molar-refractivity contribution in [1.82, 2.24) is 0 Å². The van der Waals surface area contributed by atoms with Crippen molar-refractivity contribution in [3.8, 4) is 0 Å². The normalized spacial score (nSPS) is 29.2. The maximum Gasteiger partial charge on any atom is 0.310 e. The first kappa shape index (κ1) is 17.6. The van der Waals surface area contributed by atoms with Crippen LogP contribution in [-0.4, -0.2) is 36.0 Å². The highest BCUT2D eigenvalue weighted by Gasteiger charge is 2.53. The van der Waals surface area contributed by atoms with E-state index in [0.29, 0.717) is 19.3 Å². The molecule has 0 aromatic rings. The first-order valence-electron chi connectivity index (χ1n) is 7.46. The lowest BCUT2D eigenvalue weighted by Crippen LogP contribution is -2.52. The van der Waals surface area contributed by atoms with Crippen molar-refractivity contribution in [3.05, 3.63) is 0 Å². The highest BCUT2D eigenvalue weighted by Crippen LogP contribution is 2.45. The fourth-order valence-corrected chi connectivity index (χ4v) is 3.23. The fraction of sp³-hybridized carbons (Fsp3) is 0.800. The van der Waals surface area contributed by atoms with Crippen LogP contribution in [0.4, 0.5) is 0 Å². The molecular weight excluding hydrogens is 274 g/mol. The minimum absolute atomic E-state index is 0.0116. The Labute approximate surface area is 125 Å². The number of carbonyl (C=O) groups excluding carboxylic acids is 3. The van der Waals surface area contributed by atoms with E-state index in [-0.39, 0.29) is 37.8 Å². The molecule has 1 rings (SSSR count). The number of Topliss-reactive ketones (excluding diaryl/α,β-unsaturated/α-hetero) is 1. The van der Waals surface area contributed by atoms with Gasteiger partial charge in [0.05, 0.1) is 17.9 Å². The maximum absolute atomic E-state index is 12.3. The highest BCUT2D eigenvalue weighted by molar-refractivity contribution is 5.95. The molecule has 0 aromatic heterocycles. The zero-order chi connectivity index (χ0) is 16.0. The van der Waals surface area contributed by atoms with Gasteiger partial charge in [-0.3, -0.25) is 14.4 Å². The fourth-order valence-electron chi connectivity index (χ4n) is 3.23. The summed E-state index contributed by atoms with van der Waals surface area (Å²) in [4.78, 5) is 36.1. The minimum Gasteiger partial charge on any atom is -0.466 e. The van der Waals surface area contributed by atoms with E-state index in [4.69, 9.17) is 15.6 Å². The Bertz CT molecular complexity index is 409. The summed E-state index contributed by atoms with van der Waals surface area (Å²) < 4.78 is 5.09. The molecule has 0 unspecified atom stereocenters. The number of carbonyl (C=O) groups is 3. The molecule has 0 spiro atoms. The molecule has 21 heavy (non-hydrogen) atoms. The van der Waals surface area contributed by atoms with Crippen LogP contribution in [0.3, 0.4) is 0 Å². The summed E-state index contributed by atoms with van der Waals surface area (Å²) in [6.45, 7) is 3.57. The van der Waals surface area contributed by atoms with Gasteiger partial charge in [-0.25, -0.2) is 0 Å². The Kier molecular flexibility index (Phi) is 6.33. The molecular formula is C15H25NO5. The lowest BCUT2D eigenvalue weighted by molar-refractivity contribution is -0.164. The number of hydrogen-bond donors (Lipinski definition) is 2. The SMILES string of the molecule is CCOC(=O)[C@@H]1[C@H](CCCCO)CC(=O)C[C@@]1(C)C(N)=O. The number of amides is 1. The third-order valence-corrected chi connectivity index (χ3v) is 4.30. The number of aliphatic hydroxyl groups is 1. The number of rotatable bonds is 7. The van der Waals surface area contributed by atoms with Gasteiger partial charge < -0.3 is 15.6 Å². The second-order valence-electron chi connectivity index (χ2n) is 5.91. The summed E-state index contributed by atoms with van der Waals surface area (Å²) in [6, 6.07) is 0. The number of esters is 1. The summed E-state index contributed by atoms with van der Waals surface area (Å²) in [6.07, 6.45) is 2.14. The summed E-state index contributed by atoms with van der Waals surface area (Å²) >= 11 is 0. The average Bonchev–Trinajstić information content (AvgIpc) is 2.38. The second-order valence-corrected chi connectivity index (χ2v) is 5.91. The molecule has 0 radical (unpaired) electrons. The molecule has 1 saturated carbocycles. The molecule has 0 saturated heterocycles. The predicted octanol–water partition coefficient (Wildman–Crippen LogP) is 0.799. The van der Waals surface area contributed by atoms with Crippen molar-refractivity contribution in [2.75, 3.05) is 13.2 Å². The molecule has 0 aliphatic heterocycles. The van der Waals surface area contributed by atoms with Crippen molar-refractivity contribution in [1.29, 1.82) is 0 Å². The number of aliphatic hydroxyl groups excluding tert-OH is 1. The third-order valence-electron chi connectivity index (χ3n) is 4.30. The molecule has 0 aromatic carbocycles. The van der Waals surface area contributed by atoms with Crippen LogP contribution in [0.15, 0.2) is 0 Å². The van der Waals surface area contributed by atoms with E-state index in [2.05, 4.69) is 0 Å². The van der Waals surface area contributed by atoms with Crippen molar-refractivity contribution in [3.63, 3.8) is 0 Å². The maximum atomic E-state index is 12.3. The topological polar surface area (TPSA) is 107 Å². The van der Waals surface area contributed by atoms with E-state index in [1.165, 1.54) is 0 Å². The Hall–Kier alpha value is -1.43. The van der Waals surface area contributed by atoms with E-state index < -0.39 is 23.2 Å². The molecule has 0 bridgehead atoms. The van der Waals surface area contributed by atoms with Crippen molar-refractivity contribution in [2.45, 2.75) is 46.0 Å². The molecule has 120 valence electrons. The number of hydrogen-bond acceptors (Lipinski definition) is 5. The summed E-state index contributed by atoms with van der Waals surface area (Å²) in [7, 11) is 0. The number of nitrogens with two attached hydrogens (primary N) is 1. The van der Waals surface area contributed by atoms with Crippen LogP contribution in [-0.2, 0) is 19.1 Å². The zero-order valence-corrected chi connectivity index (χ0v) is 12.8. The van der Waals surface area contributed by atoms with Crippen LogP contribution in [0.2, 0.25) is 0 Å². The molecule has 1 amide bonds. The van der Waals surface area contributed by atoms with E-state index in [1.807, 2.05) is 0 Å². The van der Waals surface area contributed by atoms with Crippen LogP contribution in [0.5, 0.6) is 0 Å². The molecule has 1 aliphatic carbocycles. The smallest absolute Gasteiger partial charge is 0.310 e. The predicted molar refractivity (Wildman–Crippen MR) is 76.1 cm³/mol. The van der Waals surface area contributed by atoms with Gasteiger partial charge in [0.1, 0.15) is 5.78 Å². The standard InChI is InChI=1S/C15H25NO5/c1-3-21-13(19)12-10(6-4-5-7-17)8-11(18)9-15(12,2)14(16)20/h10,12,17H,3-9H2,1-2H3,(H2,16,20)/t10-,12+,15-/m1/s1. The van der Waals surface area contributed by atoms with Gasteiger partial charge in [-0.05, 0) is 32.6 Å². The number of ether oxygens (including phenoxy) is 1. The van der Waals surface area contributed by atoms with Gasteiger partial charge in [-0.15, -0.1) is 0 Å². The Morgan fingerprint density at radius 3 is 2.62 bits per heavy atom. The van der Waals surface area contributed by atoms with Gasteiger partial charge in [0.25, 0.3) is 0 Å². The van der Waals surface area contributed by atoms with Crippen LogP contribution < -0.4 is 5.73 Å². The number of primary amides is 1. The van der Waals surface area contributed by atoms with Crippen LogP contribution >= 0.6 is 0 Å². The Morgan fingerprint density at radius 2 is 2.10 bits per heavy atom. The van der Waals surface area contributed by atoms with Gasteiger partial charge in [0, 0.05) is 19.4 Å². The van der Waals surface area contributed by atoms with Crippen LogP contribution in [0.25, 0.3) is 0 Å².